The van der Waals surface area contributed by atoms with Crippen molar-refractivity contribution in [3.63, 3.8) is 0 Å². The van der Waals surface area contributed by atoms with Crippen molar-refractivity contribution in [1.29, 1.82) is 0 Å². The van der Waals surface area contributed by atoms with Crippen molar-refractivity contribution in [3.05, 3.63) is 42.5 Å². The van der Waals surface area contributed by atoms with E-state index in [1.165, 1.54) is 0 Å². The average molecular weight is 330 g/mol. The molecule has 0 unspecified atom stereocenters. The number of unbranched alkanes of at least 4 members (excludes halogenated alkanes) is 1. The van der Waals surface area contributed by atoms with Gasteiger partial charge in [0.2, 0.25) is 5.91 Å². The zero-order valence-corrected chi connectivity index (χ0v) is 15.1. The average Bonchev–Trinajstić information content (AvgIpc) is 2.56. The number of nitrogens with one attached hydrogen (secondary N) is 2. The van der Waals surface area contributed by atoms with Crippen molar-refractivity contribution < 1.29 is 4.79 Å². The number of anilines is 1. The maximum atomic E-state index is 11.7. The van der Waals surface area contributed by atoms with E-state index < -0.39 is 0 Å². The largest absolute Gasteiger partial charge is 0.352 e. The normalized spacial score (nSPS) is 11.0. The molecular formula is C19H30N4O. The number of aliphatic imine (C=N–C) groups is 1. The minimum Gasteiger partial charge on any atom is -0.352 e. The monoisotopic (exact) mass is 330 g/mol. The van der Waals surface area contributed by atoms with Crippen LogP contribution in [0.4, 0.5) is 5.69 Å². The summed E-state index contributed by atoms with van der Waals surface area (Å²) in [5, 5.41) is 6.28. The van der Waals surface area contributed by atoms with Gasteiger partial charge in [-0.1, -0.05) is 25.1 Å². The van der Waals surface area contributed by atoms with Gasteiger partial charge in [-0.3, -0.25) is 9.79 Å². The van der Waals surface area contributed by atoms with Gasteiger partial charge in [0.05, 0.1) is 0 Å². The van der Waals surface area contributed by atoms with Crippen molar-refractivity contribution in [3.8, 4) is 0 Å². The molecule has 0 aliphatic carbocycles. The Morgan fingerprint density at radius 1 is 1.42 bits per heavy atom. The number of allylic oxidation sites excluding steroid dienone is 1. The smallest absolute Gasteiger partial charge is 0.224 e. The van der Waals surface area contributed by atoms with E-state index in [1.54, 1.807) is 7.05 Å². The van der Waals surface area contributed by atoms with E-state index in [0.29, 0.717) is 13.0 Å². The van der Waals surface area contributed by atoms with Crippen LogP contribution in [0.3, 0.4) is 0 Å². The van der Waals surface area contributed by atoms with E-state index in [4.69, 9.17) is 0 Å². The van der Waals surface area contributed by atoms with Crippen LogP contribution >= 0.6 is 0 Å². The molecule has 0 saturated heterocycles. The zero-order chi connectivity index (χ0) is 17.8. The molecule has 2 N–H and O–H groups in total. The SMILES string of the molecule is C=CCCCN(C)C(=NC)NCc1cccc(NC(=O)CCC)c1. The highest BCUT2D eigenvalue weighted by atomic mass is 16.1. The number of nitrogens with zero attached hydrogens (tertiary/aromatic N) is 2. The van der Waals surface area contributed by atoms with Crippen LogP contribution in [0.1, 0.15) is 38.2 Å². The Labute approximate surface area is 145 Å². The highest BCUT2D eigenvalue weighted by Crippen LogP contribution is 2.11. The standard InChI is InChI=1S/C19H30N4O/c1-5-7-8-13-23(4)19(20-3)21-15-16-11-9-12-17(14-16)22-18(24)10-6-2/h5,9,11-12,14H,1,6-8,10,13,15H2,2-4H3,(H,20,21)(H,22,24). The van der Waals surface area contributed by atoms with Gasteiger partial charge < -0.3 is 15.5 Å². The van der Waals surface area contributed by atoms with Crippen LogP contribution in [0.25, 0.3) is 0 Å². The molecule has 132 valence electrons. The Morgan fingerprint density at radius 2 is 2.21 bits per heavy atom. The molecule has 5 heteroatoms. The van der Waals surface area contributed by atoms with E-state index in [1.807, 2.05) is 44.3 Å². The summed E-state index contributed by atoms with van der Waals surface area (Å²) in [6.45, 7) is 7.33. The maximum absolute atomic E-state index is 11.7. The second-order valence-electron chi connectivity index (χ2n) is 5.75. The van der Waals surface area contributed by atoms with Crippen LogP contribution in [0.5, 0.6) is 0 Å². The maximum Gasteiger partial charge on any atom is 0.224 e. The lowest BCUT2D eigenvalue weighted by molar-refractivity contribution is -0.116. The molecule has 0 aromatic heterocycles. The van der Waals surface area contributed by atoms with Gasteiger partial charge in [0.1, 0.15) is 0 Å². The Morgan fingerprint density at radius 3 is 2.88 bits per heavy atom. The highest BCUT2D eigenvalue weighted by Gasteiger charge is 2.06. The second-order valence-corrected chi connectivity index (χ2v) is 5.75. The molecule has 0 aliphatic rings. The summed E-state index contributed by atoms with van der Waals surface area (Å²) in [4.78, 5) is 18.1. The van der Waals surface area contributed by atoms with Crippen LogP contribution in [-0.2, 0) is 11.3 Å². The predicted octanol–water partition coefficient (Wildman–Crippen LogP) is 3.40. The summed E-state index contributed by atoms with van der Waals surface area (Å²) in [6, 6.07) is 7.89. The molecule has 1 aromatic rings. The fourth-order valence-corrected chi connectivity index (χ4v) is 2.35. The first-order valence-corrected chi connectivity index (χ1v) is 8.52. The van der Waals surface area contributed by atoms with Gasteiger partial charge in [-0.15, -0.1) is 6.58 Å². The highest BCUT2D eigenvalue weighted by molar-refractivity contribution is 5.90. The summed E-state index contributed by atoms with van der Waals surface area (Å²) in [6.07, 6.45) is 5.38. The number of carbonyl (C=O) groups is 1. The third-order valence-electron chi connectivity index (χ3n) is 3.61. The van der Waals surface area contributed by atoms with Gasteiger partial charge >= 0.3 is 0 Å². The first-order valence-electron chi connectivity index (χ1n) is 8.52. The van der Waals surface area contributed by atoms with Gasteiger partial charge in [0, 0.05) is 39.3 Å². The minimum atomic E-state index is 0.0559. The van der Waals surface area contributed by atoms with E-state index in [2.05, 4.69) is 27.1 Å². The number of guanidine groups is 1. The van der Waals surface area contributed by atoms with E-state index >= 15 is 0 Å². The third kappa shape index (κ3) is 7.31. The minimum absolute atomic E-state index is 0.0559. The number of amides is 1. The molecule has 24 heavy (non-hydrogen) atoms. The molecule has 5 nitrogen and oxygen atoms in total. The predicted molar refractivity (Wildman–Crippen MR) is 102 cm³/mol. The van der Waals surface area contributed by atoms with Crippen molar-refractivity contribution in [1.82, 2.24) is 10.2 Å². The number of hydrogen-bond donors (Lipinski definition) is 2. The fraction of sp³-hybridized carbons (Fsp3) is 0.474. The van der Waals surface area contributed by atoms with Crippen LogP contribution < -0.4 is 10.6 Å². The first kappa shape index (κ1) is 19.7. The van der Waals surface area contributed by atoms with Crippen LogP contribution in [-0.4, -0.2) is 37.4 Å². The molecule has 0 heterocycles. The Hall–Kier alpha value is -2.30. The van der Waals surface area contributed by atoms with E-state index in [-0.39, 0.29) is 5.91 Å². The summed E-state index contributed by atoms with van der Waals surface area (Å²) in [5.74, 6) is 0.917. The Bertz CT molecular complexity index is 554. The molecule has 0 aliphatic heterocycles. The van der Waals surface area contributed by atoms with Crippen LogP contribution in [0.15, 0.2) is 41.9 Å². The first-order chi connectivity index (χ1) is 11.6. The molecule has 0 radical (unpaired) electrons. The molecule has 0 atom stereocenters. The number of benzene rings is 1. The molecule has 1 rings (SSSR count). The molecule has 0 fully saturated rings. The molecule has 0 bridgehead atoms. The molecule has 1 amide bonds. The number of hydrogen-bond acceptors (Lipinski definition) is 2. The quantitative estimate of drug-likeness (QED) is 0.316. The molecule has 1 aromatic carbocycles. The van der Waals surface area contributed by atoms with Crippen molar-refractivity contribution in [2.45, 2.75) is 39.2 Å². The molecular weight excluding hydrogens is 300 g/mol. The molecule has 0 saturated carbocycles. The molecule has 0 spiro atoms. The van der Waals surface area contributed by atoms with Gasteiger partial charge in [0.25, 0.3) is 0 Å². The van der Waals surface area contributed by atoms with Gasteiger partial charge in [-0.25, -0.2) is 0 Å². The lowest BCUT2D eigenvalue weighted by Crippen LogP contribution is -2.38. The van der Waals surface area contributed by atoms with Crippen LogP contribution in [0, 0.1) is 0 Å². The topological polar surface area (TPSA) is 56.7 Å². The lowest BCUT2D eigenvalue weighted by Gasteiger charge is -2.22. The fourth-order valence-electron chi connectivity index (χ4n) is 2.35. The van der Waals surface area contributed by atoms with Crippen molar-refractivity contribution in [2.24, 2.45) is 4.99 Å². The summed E-state index contributed by atoms with van der Waals surface area (Å²) in [5.41, 5.74) is 1.94. The van der Waals surface area contributed by atoms with Gasteiger partial charge in [-0.05, 0) is 37.0 Å². The summed E-state index contributed by atoms with van der Waals surface area (Å²) >= 11 is 0. The van der Waals surface area contributed by atoms with E-state index in [9.17, 15) is 4.79 Å². The summed E-state index contributed by atoms with van der Waals surface area (Å²) < 4.78 is 0. The van der Waals surface area contributed by atoms with Crippen molar-refractivity contribution in [2.75, 3.05) is 26.0 Å². The zero-order valence-electron chi connectivity index (χ0n) is 15.1. The van der Waals surface area contributed by atoms with Gasteiger partial charge in [0.15, 0.2) is 5.96 Å². The van der Waals surface area contributed by atoms with Crippen LogP contribution in [0.2, 0.25) is 0 Å². The van der Waals surface area contributed by atoms with Crippen molar-refractivity contribution >= 4 is 17.6 Å². The summed E-state index contributed by atoms with van der Waals surface area (Å²) in [7, 11) is 3.81. The lowest BCUT2D eigenvalue weighted by atomic mass is 10.2. The second kappa shape index (κ2) is 11.3. The van der Waals surface area contributed by atoms with E-state index in [0.717, 1.165) is 43.0 Å². The number of rotatable bonds is 9. The Kier molecular flexibility index (Phi) is 9.27. The third-order valence-corrected chi connectivity index (χ3v) is 3.61. The van der Waals surface area contributed by atoms with Gasteiger partial charge in [-0.2, -0.15) is 0 Å². The number of carbonyl (C=O) groups excluding carboxylic acids is 1. The Balaban J connectivity index is 2.56.